The number of benzene rings is 3. The number of aryl methyl sites for hydroxylation is 1. The van der Waals surface area contributed by atoms with E-state index in [0.717, 1.165) is 16.7 Å². The quantitative estimate of drug-likeness (QED) is 0.379. The zero-order valence-electron chi connectivity index (χ0n) is 18.5. The summed E-state index contributed by atoms with van der Waals surface area (Å²) in [6.45, 7) is 1.91. The summed E-state index contributed by atoms with van der Waals surface area (Å²) >= 11 is 0. The van der Waals surface area contributed by atoms with Crippen LogP contribution in [0.15, 0.2) is 60.7 Å². The maximum absolute atomic E-state index is 13.4. The maximum Gasteiger partial charge on any atom is 0.586 e. The second kappa shape index (κ2) is 8.09. The molecule has 35 heavy (non-hydrogen) atoms. The summed E-state index contributed by atoms with van der Waals surface area (Å²) in [7, 11) is 0. The number of amides is 2. The van der Waals surface area contributed by atoms with E-state index in [-0.39, 0.29) is 20.3 Å². The number of rotatable bonds is 5. The largest absolute Gasteiger partial charge is 0.586 e. The third-order valence-electron chi connectivity index (χ3n) is 6.24. The minimum Gasteiger partial charge on any atom is -0.395 e. The molecular formula is C26H23F2N3O4. The number of carbonyl (C=O) groups is 2. The van der Waals surface area contributed by atoms with Crippen LogP contribution in [0, 0.1) is 18.4 Å². The first-order valence-electron chi connectivity index (χ1n) is 10.8. The molecule has 1 saturated carbocycles. The summed E-state index contributed by atoms with van der Waals surface area (Å²) in [5.41, 5.74) is 3.13. The SMILES string of the molecule is Cc1ccc(NC(=O)C2(c3ccc4c(c3)OC(F)(F)O4)CC2)cc1-c1cccc(C(=O)NC#N)c1.[HH].[HH]. The molecule has 0 unspecified atom stereocenters. The van der Waals surface area contributed by atoms with Gasteiger partial charge in [-0.15, -0.1) is 8.78 Å². The topological polar surface area (TPSA) is 100 Å². The summed E-state index contributed by atoms with van der Waals surface area (Å²) in [5.74, 6) is -0.915. The summed E-state index contributed by atoms with van der Waals surface area (Å²) < 4.78 is 35.8. The number of fused-ring (bicyclic) bond motifs is 1. The predicted octanol–water partition coefficient (Wildman–Crippen LogP) is 5.36. The van der Waals surface area contributed by atoms with E-state index in [4.69, 9.17) is 5.26 Å². The molecule has 9 heteroatoms. The molecule has 0 spiro atoms. The van der Waals surface area contributed by atoms with E-state index >= 15 is 0 Å². The van der Waals surface area contributed by atoms with Crippen LogP contribution in [0.25, 0.3) is 11.1 Å². The number of hydrogen-bond acceptors (Lipinski definition) is 5. The predicted molar refractivity (Wildman–Crippen MR) is 126 cm³/mol. The number of nitrogens with one attached hydrogen (secondary N) is 2. The number of ether oxygens (including phenoxy) is 2. The Balaban J connectivity index is 0.00000190. The first-order chi connectivity index (χ1) is 16.7. The van der Waals surface area contributed by atoms with E-state index in [0.29, 0.717) is 29.7 Å². The molecule has 5 rings (SSSR count). The van der Waals surface area contributed by atoms with Crippen LogP contribution in [0.2, 0.25) is 0 Å². The second-order valence-electron chi connectivity index (χ2n) is 8.54. The molecule has 0 atom stereocenters. The number of nitrogens with zero attached hydrogens (tertiary/aromatic N) is 1. The van der Waals surface area contributed by atoms with Crippen molar-refractivity contribution in [2.24, 2.45) is 0 Å². The Hall–Kier alpha value is -4.45. The molecule has 0 saturated heterocycles. The summed E-state index contributed by atoms with van der Waals surface area (Å²) in [5, 5.41) is 13.7. The molecule has 1 fully saturated rings. The lowest BCUT2D eigenvalue weighted by atomic mass is 9.94. The molecule has 0 radical (unpaired) electrons. The van der Waals surface area contributed by atoms with Crippen molar-refractivity contribution in [1.82, 2.24) is 5.32 Å². The normalized spacial score (nSPS) is 16.2. The van der Waals surface area contributed by atoms with Crippen LogP contribution in [0.3, 0.4) is 0 Å². The van der Waals surface area contributed by atoms with Gasteiger partial charge in [0.25, 0.3) is 5.91 Å². The molecule has 3 aromatic rings. The molecule has 180 valence electrons. The van der Waals surface area contributed by atoms with Crippen molar-refractivity contribution in [3.63, 3.8) is 0 Å². The highest BCUT2D eigenvalue weighted by Crippen LogP contribution is 2.52. The molecule has 1 aliphatic heterocycles. The van der Waals surface area contributed by atoms with E-state index in [1.54, 1.807) is 36.5 Å². The number of carbonyl (C=O) groups excluding carboxylic acids is 2. The van der Waals surface area contributed by atoms with Gasteiger partial charge in [-0.05, 0) is 78.4 Å². The molecule has 7 nitrogen and oxygen atoms in total. The lowest BCUT2D eigenvalue weighted by molar-refractivity contribution is -0.286. The van der Waals surface area contributed by atoms with Crippen molar-refractivity contribution in [2.75, 3.05) is 5.32 Å². The van der Waals surface area contributed by atoms with Crippen LogP contribution in [0.5, 0.6) is 11.5 Å². The van der Waals surface area contributed by atoms with Crippen LogP contribution in [-0.2, 0) is 10.2 Å². The summed E-state index contributed by atoms with van der Waals surface area (Å²) in [6.07, 6.45) is -0.952. The fraction of sp³-hybridized carbons (Fsp3) is 0.192. The van der Waals surface area contributed by atoms with Crippen LogP contribution in [-0.4, -0.2) is 18.1 Å². The minimum atomic E-state index is -3.72. The maximum atomic E-state index is 13.4. The Morgan fingerprint density at radius 1 is 1.03 bits per heavy atom. The molecule has 2 N–H and O–H groups in total. The third kappa shape index (κ3) is 4.15. The standard InChI is InChI=1S/C26H19F2N3O4.2H2/c1-15-5-7-19(13-20(15)16-3-2-4-17(11-16)23(32)30-14-29)31-24(33)25(9-10-25)18-6-8-21-22(12-18)35-26(27,28)34-21;;/h2-8,11-13H,9-10H2,1H3,(H,30,32)(H,31,33);2*1H. The van der Waals surface area contributed by atoms with Gasteiger partial charge in [0.15, 0.2) is 17.7 Å². The first-order valence-corrected chi connectivity index (χ1v) is 10.8. The fourth-order valence-corrected chi connectivity index (χ4v) is 4.23. The highest BCUT2D eigenvalue weighted by atomic mass is 19.3. The lowest BCUT2D eigenvalue weighted by Crippen LogP contribution is -2.28. The number of alkyl halides is 2. The first kappa shape index (κ1) is 22.3. The zero-order valence-corrected chi connectivity index (χ0v) is 18.5. The Morgan fingerprint density at radius 3 is 2.54 bits per heavy atom. The molecule has 2 amide bonds. The van der Waals surface area contributed by atoms with Crippen molar-refractivity contribution < 1.29 is 30.7 Å². The second-order valence-corrected chi connectivity index (χ2v) is 8.54. The monoisotopic (exact) mass is 479 g/mol. The van der Waals surface area contributed by atoms with Gasteiger partial charge in [0, 0.05) is 14.1 Å². The minimum absolute atomic E-state index is 0. The highest BCUT2D eigenvalue weighted by Gasteiger charge is 2.52. The van der Waals surface area contributed by atoms with Gasteiger partial charge in [-0.3, -0.25) is 14.9 Å². The van der Waals surface area contributed by atoms with Gasteiger partial charge in [0.05, 0.1) is 5.41 Å². The molecule has 2 aliphatic rings. The Bertz CT molecular complexity index is 1420. The number of anilines is 1. The molecule has 3 aromatic carbocycles. The van der Waals surface area contributed by atoms with Crippen LogP contribution >= 0.6 is 0 Å². The van der Waals surface area contributed by atoms with E-state index in [1.165, 1.54) is 12.1 Å². The van der Waals surface area contributed by atoms with Crippen LogP contribution < -0.4 is 20.1 Å². The molecule has 1 aliphatic carbocycles. The van der Waals surface area contributed by atoms with Gasteiger partial charge in [-0.2, -0.15) is 5.26 Å². The van der Waals surface area contributed by atoms with Gasteiger partial charge in [0.2, 0.25) is 5.91 Å². The fourth-order valence-electron chi connectivity index (χ4n) is 4.23. The van der Waals surface area contributed by atoms with E-state index in [9.17, 15) is 18.4 Å². The Morgan fingerprint density at radius 2 is 1.80 bits per heavy atom. The number of halogens is 2. The van der Waals surface area contributed by atoms with Gasteiger partial charge >= 0.3 is 6.29 Å². The Labute approximate surface area is 202 Å². The smallest absolute Gasteiger partial charge is 0.395 e. The van der Waals surface area contributed by atoms with Crippen molar-refractivity contribution in [3.8, 4) is 28.8 Å². The Kier molecular flexibility index (Phi) is 5.17. The lowest BCUT2D eigenvalue weighted by Gasteiger charge is -2.17. The third-order valence-corrected chi connectivity index (χ3v) is 6.24. The number of nitriles is 1. The van der Waals surface area contributed by atoms with Gasteiger partial charge < -0.3 is 14.8 Å². The van der Waals surface area contributed by atoms with E-state index in [1.807, 2.05) is 25.1 Å². The van der Waals surface area contributed by atoms with Crippen molar-refractivity contribution in [3.05, 3.63) is 77.4 Å². The van der Waals surface area contributed by atoms with E-state index < -0.39 is 17.6 Å². The summed E-state index contributed by atoms with van der Waals surface area (Å²) in [6, 6.07) is 16.7. The molecule has 1 heterocycles. The van der Waals surface area contributed by atoms with Crippen molar-refractivity contribution >= 4 is 17.5 Å². The van der Waals surface area contributed by atoms with Crippen molar-refractivity contribution in [2.45, 2.75) is 31.5 Å². The van der Waals surface area contributed by atoms with Gasteiger partial charge in [-0.25, -0.2) is 0 Å². The number of hydrogen-bond donors (Lipinski definition) is 2. The molecule has 0 aromatic heterocycles. The zero-order chi connectivity index (χ0) is 24.8. The average molecular weight is 479 g/mol. The summed E-state index contributed by atoms with van der Waals surface area (Å²) in [4.78, 5) is 25.3. The molecule has 0 bridgehead atoms. The van der Waals surface area contributed by atoms with Crippen molar-refractivity contribution in [1.29, 1.82) is 5.26 Å². The van der Waals surface area contributed by atoms with E-state index in [2.05, 4.69) is 20.1 Å². The highest BCUT2D eigenvalue weighted by molar-refractivity contribution is 6.02. The average Bonchev–Trinajstić information content (AvgIpc) is 3.57. The van der Waals surface area contributed by atoms with Gasteiger partial charge in [0.1, 0.15) is 0 Å². The van der Waals surface area contributed by atoms with Crippen LogP contribution in [0.1, 0.15) is 37.2 Å². The molecular weight excluding hydrogens is 456 g/mol. The van der Waals surface area contributed by atoms with Crippen LogP contribution in [0.4, 0.5) is 14.5 Å². The van der Waals surface area contributed by atoms with Gasteiger partial charge in [-0.1, -0.05) is 24.3 Å².